The first kappa shape index (κ1) is 13.2. The number of aromatic nitrogens is 3. The van der Waals surface area contributed by atoms with Crippen LogP contribution in [0.25, 0.3) is 27.6 Å². The van der Waals surface area contributed by atoms with E-state index >= 15 is 0 Å². The molecule has 2 heterocycles. The molecule has 2 aromatic carbocycles. The summed E-state index contributed by atoms with van der Waals surface area (Å²) >= 11 is 0. The average Bonchev–Trinajstić information content (AvgIpc) is 2.86. The molecule has 0 fully saturated rings. The molecule has 0 radical (unpaired) electrons. The molecule has 0 aliphatic heterocycles. The molecule has 110 valence electrons. The highest BCUT2D eigenvalue weighted by molar-refractivity contribution is 5.96. The molecule has 4 aromatic rings. The summed E-state index contributed by atoms with van der Waals surface area (Å²) in [4.78, 5) is 9.46. The second-order valence-corrected chi connectivity index (χ2v) is 6.58. The van der Waals surface area contributed by atoms with Crippen molar-refractivity contribution < 1.29 is 4.39 Å². The van der Waals surface area contributed by atoms with Crippen LogP contribution in [-0.4, -0.2) is 14.4 Å². The molecule has 0 bridgehead atoms. The number of hydrogen-bond donors (Lipinski definition) is 0. The number of imidazole rings is 1. The van der Waals surface area contributed by atoms with E-state index in [0.717, 1.165) is 22.4 Å². The van der Waals surface area contributed by atoms with Gasteiger partial charge in [0.05, 0.1) is 11.0 Å². The van der Waals surface area contributed by atoms with Crippen molar-refractivity contribution in [2.24, 2.45) is 0 Å². The van der Waals surface area contributed by atoms with Gasteiger partial charge in [0.15, 0.2) is 0 Å². The lowest BCUT2D eigenvalue weighted by Gasteiger charge is -2.20. The van der Waals surface area contributed by atoms with Crippen LogP contribution in [-0.2, 0) is 5.41 Å². The Labute approximate surface area is 127 Å². The van der Waals surface area contributed by atoms with Gasteiger partial charge in [-0.3, -0.25) is 4.40 Å². The predicted molar refractivity (Wildman–Crippen MR) is 86.7 cm³/mol. The molecule has 0 aliphatic rings. The molecule has 2 aromatic heterocycles. The van der Waals surface area contributed by atoms with E-state index in [4.69, 9.17) is 4.98 Å². The van der Waals surface area contributed by atoms with Gasteiger partial charge in [-0.2, -0.15) is 0 Å². The van der Waals surface area contributed by atoms with Gasteiger partial charge in [-0.15, -0.1) is 0 Å². The zero-order valence-corrected chi connectivity index (χ0v) is 12.8. The van der Waals surface area contributed by atoms with E-state index in [1.807, 2.05) is 34.7 Å². The van der Waals surface area contributed by atoms with Crippen molar-refractivity contribution in [3.8, 4) is 0 Å². The molecule has 0 saturated carbocycles. The van der Waals surface area contributed by atoms with Crippen LogP contribution in [0.5, 0.6) is 0 Å². The van der Waals surface area contributed by atoms with Crippen molar-refractivity contribution in [1.82, 2.24) is 14.4 Å². The third-order valence-corrected chi connectivity index (χ3v) is 3.88. The summed E-state index contributed by atoms with van der Waals surface area (Å²) < 4.78 is 16.3. The number of hydrogen-bond acceptors (Lipinski definition) is 2. The largest absolute Gasteiger partial charge is 0.276 e. The van der Waals surface area contributed by atoms with Crippen molar-refractivity contribution in [2.45, 2.75) is 26.2 Å². The fraction of sp³-hybridized carbons (Fsp3) is 0.222. The summed E-state index contributed by atoms with van der Waals surface area (Å²) in [6, 6.07) is 12.9. The molecule has 4 rings (SSSR count). The van der Waals surface area contributed by atoms with Gasteiger partial charge in [0.2, 0.25) is 0 Å². The second-order valence-electron chi connectivity index (χ2n) is 6.58. The van der Waals surface area contributed by atoms with Crippen LogP contribution < -0.4 is 0 Å². The maximum Gasteiger partial charge on any atom is 0.149 e. The predicted octanol–water partition coefficient (Wildman–Crippen LogP) is 4.47. The molecule has 0 unspecified atom stereocenters. The number of para-hydroxylation sites is 2. The Morgan fingerprint density at radius 3 is 2.41 bits per heavy atom. The fourth-order valence-electron chi connectivity index (χ4n) is 2.90. The zero-order chi connectivity index (χ0) is 15.5. The molecule has 3 nitrogen and oxygen atoms in total. The van der Waals surface area contributed by atoms with E-state index in [1.54, 1.807) is 6.07 Å². The Hall–Kier alpha value is -2.49. The fourth-order valence-corrected chi connectivity index (χ4v) is 2.90. The Morgan fingerprint density at radius 2 is 1.64 bits per heavy atom. The Balaban J connectivity index is 2.36. The van der Waals surface area contributed by atoms with Gasteiger partial charge in [-0.25, -0.2) is 14.4 Å². The number of rotatable bonds is 0. The number of fused-ring (bicyclic) bond motifs is 5. The smallest absolute Gasteiger partial charge is 0.149 e. The van der Waals surface area contributed by atoms with Gasteiger partial charge in [0.1, 0.15) is 22.8 Å². The van der Waals surface area contributed by atoms with Crippen LogP contribution in [0.15, 0.2) is 42.5 Å². The molecule has 0 N–H and O–H groups in total. The van der Waals surface area contributed by atoms with E-state index in [1.165, 1.54) is 6.07 Å². The lowest BCUT2D eigenvalue weighted by Crippen LogP contribution is -2.19. The minimum Gasteiger partial charge on any atom is -0.276 e. The first-order valence-corrected chi connectivity index (χ1v) is 7.33. The molecule has 22 heavy (non-hydrogen) atoms. The van der Waals surface area contributed by atoms with Gasteiger partial charge in [0, 0.05) is 10.8 Å². The molecular weight excluding hydrogens is 277 g/mol. The monoisotopic (exact) mass is 293 g/mol. The van der Waals surface area contributed by atoms with Gasteiger partial charge >= 0.3 is 0 Å². The van der Waals surface area contributed by atoms with Crippen molar-refractivity contribution >= 4 is 27.6 Å². The number of nitrogens with zero attached hydrogens (tertiary/aromatic N) is 3. The van der Waals surface area contributed by atoms with Crippen LogP contribution in [0, 0.1) is 5.82 Å². The third kappa shape index (κ3) is 1.73. The topological polar surface area (TPSA) is 30.2 Å². The molecule has 0 aliphatic carbocycles. The summed E-state index contributed by atoms with van der Waals surface area (Å²) in [6.45, 7) is 6.24. The van der Waals surface area contributed by atoms with E-state index in [-0.39, 0.29) is 11.2 Å². The van der Waals surface area contributed by atoms with Crippen molar-refractivity contribution in [3.63, 3.8) is 0 Å². The number of benzene rings is 2. The van der Waals surface area contributed by atoms with Crippen molar-refractivity contribution in [1.29, 1.82) is 0 Å². The van der Waals surface area contributed by atoms with Crippen LogP contribution in [0.1, 0.15) is 26.6 Å². The normalized spacial score (nSPS) is 12.5. The highest BCUT2D eigenvalue weighted by Gasteiger charge is 2.24. The van der Waals surface area contributed by atoms with Crippen LogP contribution in [0.3, 0.4) is 0 Å². The molecule has 4 heteroatoms. The van der Waals surface area contributed by atoms with Crippen molar-refractivity contribution in [3.05, 3.63) is 54.1 Å². The standard InChI is InChI=1S/C18H16FN3/c1-18(2,3)17-21-13-9-5-4-7-11(13)16-20-14-10-6-8-12(19)15(14)22(16)17/h4-10H,1-3H3. The highest BCUT2D eigenvalue weighted by atomic mass is 19.1. The quantitative estimate of drug-likeness (QED) is 0.479. The SMILES string of the molecule is CC(C)(C)c1nc2ccccc2c2nc3cccc(F)c3n12. The van der Waals surface area contributed by atoms with E-state index in [2.05, 4.69) is 25.8 Å². The Morgan fingerprint density at radius 1 is 0.909 bits per heavy atom. The third-order valence-electron chi connectivity index (χ3n) is 3.88. The first-order valence-electron chi connectivity index (χ1n) is 7.33. The van der Waals surface area contributed by atoms with E-state index in [9.17, 15) is 4.39 Å². The first-order chi connectivity index (χ1) is 10.5. The zero-order valence-electron chi connectivity index (χ0n) is 12.8. The Kier molecular flexibility index (Phi) is 2.55. The van der Waals surface area contributed by atoms with Crippen LogP contribution >= 0.6 is 0 Å². The summed E-state index contributed by atoms with van der Waals surface area (Å²) in [5, 5.41) is 0.936. The minimum absolute atomic E-state index is 0.224. The lowest BCUT2D eigenvalue weighted by molar-refractivity contribution is 0.540. The molecule has 0 saturated heterocycles. The van der Waals surface area contributed by atoms with Crippen molar-refractivity contribution in [2.75, 3.05) is 0 Å². The summed E-state index contributed by atoms with van der Waals surface area (Å²) in [7, 11) is 0. The molecule has 0 spiro atoms. The maximum absolute atomic E-state index is 14.4. The maximum atomic E-state index is 14.4. The van der Waals surface area contributed by atoms with Gasteiger partial charge in [-0.1, -0.05) is 39.0 Å². The van der Waals surface area contributed by atoms with Gasteiger partial charge < -0.3 is 0 Å². The average molecular weight is 293 g/mol. The van der Waals surface area contributed by atoms with Gasteiger partial charge in [0.25, 0.3) is 0 Å². The minimum atomic E-state index is -0.271. The Bertz CT molecular complexity index is 1030. The summed E-state index contributed by atoms with van der Waals surface area (Å²) in [5.74, 6) is 0.543. The molecular formula is C18H16FN3. The highest BCUT2D eigenvalue weighted by Crippen LogP contribution is 2.30. The number of halogens is 1. The van der Waals surface area contributed by atoms with E-state index < -0.39 is 0 Å². The summed E-state index contributed by atoms with van der Waals surface area (Å²) in [5.41, 5.74) is 2.58. The van der Waals surface area contributed by atoms with E-state index in [0.29, 0.717) is 11.0 Å². The lowest BCUT2D eigenvalue weighted by atomic mass is 9.95. The molecule has 0 amide bonds. The summed E-state index contributed by atoms with van der Waals surface area (Å²) in [6.07, 6.45) is 0. The molecule has 0 atom stereocenters. The van der Waals surface area contributed by atoms with Crippen LogP contribution in [0.2, 0.25) is 0 Å². The second kappa shape index (κ2) is 4.26. The van der Waals surface area contributed by atoms with Gasteiger partial charge in [-0.05, 0) is 24.3 Å². The van der Waals surface area contributed by atoms with Crippen LogP contribution in [0.4, 0.5) is 4.39 Å².